The van der Waals surface area contributed by atoms with E-state index in [2.05, 4.69) is 26.2 Å². The summed E-state index contributed by atoms with van der Waals surface area (Å²) in [6.07, 6.45) is 3.27. The number of nitrogens with zero attached hydrogens (tertiary/aromatic N) is 2. The smallest absolute Gasteiger partial charge is 0.380 e. The highest BCUT2D eigenvalue weighted by Crippen LogP contribution is 2.46. The van der Waals surface area contributed by atoms with E-state index in [1.165, 1.54) is 17.6 Å². The molecule has 198 valence electrons. The van der Waals surface area contributed by atoms with Gasteiger partial charge in [-0.05, 0) is 67.1 Å². The third kappa shape index (κ3) is 6.61. The highest BCUT2D eigenvalue weighted by molar-refractivity contribution is 9.10. The number of nitrogens with one attached hydrogen (secondary N) is 2. The van der Waals surface area contributed by atoms with Crippen molar-refractivity contribution in [3.8, 4) is 0 Å². The topological polar surface area (TPSA) is 147 Å². The highest BCUT2D eigenvalue weighted by atomic mass is 79.9. The highest BCUT2D eigenvalue weighted by Gasteiger charge is 2.33. The lowest BCUT2D eigenvalue weighted by Crippen LogP contribution is -2.36. The lowest BCUT2D eigenvalue weighted by atomic mass is 9.98. The molecule has 1 aliphatic carbocycles. The number of aliphatic imine (C=N–C) groups is 1. The Kier molecular flexibility index (Phi) is 8.08. The maximum atomic E-state index is 12.9. The van der Waals surface area contributed by atoms with Crippen molar-refractivity contribution in [1.82, 2.24) is 5.32 Å². The number of anilines is 2. The Labute approximate surface area is 224 Å². The Morgan fingerprint density at radius 1 is 1.22 bits per heavy atom. The Bertz CT molecular complexity index is 1320. The summed E-state index contributed by atoms with van der Waals surface area (Å²) in [6.45, 7) is 0.807. The molecule has 0 bridgehead atoms. The number of halogens is 1. The van der Waals surface area contributed by atoms with Gasteiger partial charge in [0.05, 0.1) is 30.8 Å². The molecule has 1 aliphatic heterocycles. The van der Waals surface area contributed by atoms with E-state index in [0.29, 0.717) is 36.6 Å². The van der Waals surface area contributed by atoms with Gasteiger partial charge in [0, 0.05) is 35.2 Å². The number of ether oxygens (including phenoxy) is 2. The van der Waals surface area contributed by atoms with E-state index in [1.807, 2.05) is 18.2 Å². The van der Waals surface area contributed by atoms with E-state index in [1.54, 1.807) is 18.2 Å². The van der Waals surface area contributed by atoms with Gasteiger partial charge >= 0.3 is 6.08 Å². The van der Waals surface area contributed by atoms with Crippen LogP contribution in [0.2, 0.25) is 0 Å². The fraction of sp³-hybridized carbons (Fsp3) is 0.400. The van der Waals surface area contributed by atoms with Crippen molar-refractivity contribution in [3.05, 3.63) is 52.0 Å². The molecule has 12 heteroatoms. The molecular weight excluding hydrogens is 562 g/mol. The van der Waals surface area contributed by atoms with Gasteiger partial charge in [-0.2, -0.15) is 0 Å². The van der Waals surface area contributed by atoms with Gasteiger partial charge in [-0.25, -0.2) is 18.8 Å². The van der Waals surface area contributed by atoms with E-state index in [-0.39, 0.29) is 35.9 Å². The summed E-state index contributed by atoms with van der Waals surface area (Å²) < 4.78 is 38.4. The van der Waals surface area contributed by atoms with Gasteiger partial charge in [0.25, 0.3) is 5.91 Å². The fourth-order valence-corrected chi connectivity index (χ4v) is 5.39. The summed E-state index contributed by atoms with van der Waals surface area (Å²) in [5.74, 6) is -0.275. The largest absolute Gasteiger partial charge is 0.450 e. The van der Waals surface area contributed by atoms with E-state index >= 15 is 0 Å². The van der Waals surface area contributed by atoms with Crippen molar-refractivity contribution in [3.63, 3.8) is 0 Å². The second kappa shape index (κ2) is 11.1. The lowest BCUT2D eigenvalue weighted by Gasteiger charge is -2.29. The first-order chi connectivity index (χ1) is 17.6. The zero-order valence-electron chi connectivity index (χ0n) is 20.7. The van der Waals surface area contributed by atoms with Gasteiger partial charge in [0.1, 0.15) is 5.71 Å². The van der Waals surface area contributed by atoms with E-state index < -0.39 is 15.9 Å². The van der Waals surface area contributed by atoms with Crippen LogP contribution in [0.25, 0.3) is 0 Å². The standard InChI is InChI=1S/C25H30BrN5O5S/c1-29-24(32)23(30-18-7-5-17(26)6-8-18)20-11-19(16-3-4-16)22(12-21(20)27)31(37(2,33)34)10-9-15-13-35-25(28)36-14-15/h5-8,11-12,15-16,28H,3-4,9-10,13-14,27H2,1-2H3,(H,29,32). The van der Waals surface area contributed by atoms with Crippen LogP contribution in [-0.2, 0) is 24.3 Å². The number of hydrogen-bond acceptors (Lipinski definition) is 8. The van der Waals surface area contributed by atoms with Crippen LogP contribution in [0.4, 0.5) is 17.1 Å². The Morgan fingerprint density at radius 2 is 1.86 bits per heavy atom. The molecule has 1 saturated heterocycles. The molecule has 0 aromatic heterocycles. The second-order valence-electron chi connectivity index (χ2n) is 9.19. The molecule has 4 rings (SSSR count). The molecule has 2 aromatic rings. The normalized spacial score (nSPS) is 18.1. The maximum absolute atomic E-state index is 12.9. The van der Waals surface area contributed by atoms with Crippen molar-refractivity contribution in [2.75, 3.05) is 43.1 Å². The van der Waals surface area contributed by atoms with Crippen LogP contribution in [0.5, 0.6) is 0 Å². The van der Waals surface area contributed by atoms with Crippen molar-refractivity contribution < 1.29 is 22.7 Å². The summed E-state index contributed by atoms with van der Waals surface area (Å²) >= 11 is 3.40. The van der Waals surface area contributed by atoms with Crippen molar-refractivity contribution in [1.29, 1.82) is 5.41 Å². The Balaban J connectivity index is 1.73. The summed E-state index contributed by atoms with van der Waals surface area (Å²) in [6, 6.07) is 10.7. The number of carbonyl (C=O) groups excluding carboxylic acids is 1. The number of nitrogens with two attached hydrogens (primary N) is 1. The summed E-state index contributed by atoms with van der Waals surface area (Å²) in [5.41, 5.74) is 9.24. The molecule has 1 heterocycles. The van der Waals surface area contributed by atoms with E-state index in [0.717, 1.165) is 22.9 Å². The van der Waals surface area contributed by atoms with Crippen LogP contribution < -0.4 is 15.4 Å². The first-order valence-corrected chi connectivity index (χ1v) is 14.5. The number of amides is 1. The minimum absolute atomic E-state index is 0.0442. The van der Waals surface area contributed by atoms with Crippen LogP contribution >= 0.6 is 15.9 Å². The monoisotopic (exact) mass is 591 g/mol. The number of hydrogen-bond donors (Lipinski definition) is 3. The van der Waals surface area contributed by atoms with Crippen LogP contribution in [0.1, 0.15) is 36.3 Å². The SMILES string of the molecule is CNC(=O)C(=Nc1ccc(Br)cc1)c1cc(C2CC2)c(N(CCC2COC(=N)OC2)S(C)(=O)=O)cc1N. The molecule has 0 spiro atoms. The molecule has 1 saturated carbocycles. The van der Waals surface area contributed by atoms with Gasteiger partial charge in [-0.1, -0.05) is 15.9 Å². The molecule has 2 fully saturated rings. The number of likely N-dealkylation sites (N-methyl/N-ethyl adjacent to an activating group) is 1. The predicted octanol–water partition coefficient (Wildman–Crippen LogP) is 3.53. The predicted molar refractivity (Wildman–Crippen MR) is 147 cm³/mol. The van der Waals surface area contributed by atoms with Crippen molar-refractivity contribution in [2.45, 2.75) is 25.2 Å². The third-order valence-electron chi connectivity index (χ3n) is 6.29. The number of carbonyl (C=O) groups is 1. The minimum atomic E-state index is -3.64. The minimum Gasteiger partial charge on any atom is -0.450 e. The molecule has 1 amide bonds. The zero-order valence-corrected chi connectivity index (χ0v) is 23.1. The second-order valence-corrected chi connectivity index (χ2v) is 12.0. The maximum Gasteiger partial charge on any atom is 0.380 e. The summed E-state index contributed by atoms with van der Waals surface area (Å²) in [4.78, 5) is 17.4. The molecule has 0 atom stereocenters. The average Bonchev–Trinajstić information content (AvgIpc) is 3.69. The molecule has 2 aliphatic rings. The van der Waals surface area contributed by atoms with Gasteiger partial charge in [0.2, 0.25) is 10.0 Å². The van der Waals surface area contributed by atoms with Crippen LogP contribution in [0.15, 0.2) is 45.9 Å². The summed E-state index contributed by atoms with van der Waals surface area (Å²) in [7, 11) is -2.12. The molecule has 0 unspecified atom stereocenters. The Hall–Kier alpha value is -3.12. The van der Waals surface area contributed by atoms with Crippen LogP contribution in [-0.4, -0.2) is 59.2 Å². The molecular formula is C25H30BrN5O5S. The third-order valence-corrected chi connectivity index (χ3v) is 8.00. The number of nitrogen functional groups attached to an aromatic ring is 1. The number of sulfonamides is 1. The van der Waals surface area contributed by atoms with Crippen LogP contribution in [0.3, 0.4) is 0 Å². The van der Waals surface area contributed by atoms with Crippen molar-refractivity contribution in [2.24, 2.45) is 10.9 Å². The van der Waals surface area contributed by atoms with E-state index in [9.17, 15) is 13.2 Å². The van der Waals surface area contributed by atoms with Crippen LogP contribution in [0, 0.1) is 11.3 Å². The van der Waals surface area contributed by atoms with E-state index in [4.69, 9.17) is 20.6 Å². The quantitative estimate of drug-likeness (QED) is 0.300. The van der Waals surface area contributed by atoms with Crippen molar-refractivity contribution >= 4 is 60.7 Å². The molecule has 2 aromatic carbocycles. The average molecular weight is 593 g/mol. The lowest BCUT2D eigenvalue weighted by molar-refractivity contribution is -0.114. The van der Waals surface area contributed by atoms with Gasteiger partial charge in [0.15, 0.2) is 0 Å². The molecule has 37 heavy (non-hydrogen) atoms. The molecule has 0 radical (unpaired) electrons. The van der Waals surface area contributed by atoms with Gasteiger partial charge in [-0.15, -0.1) is 0 Å². The van der Waals surface area contributed by atoms with Gasteiger partial charge < -0.3 is 20.5 Å². The first kappa shape index (κ1) is 26.9. The summed E-state index contributed by atoms with van der Waals surface area (Å²) in [5, 5.41) is 10.0. The number of rotatable bonds is 9. The van der Waals surface area contributed by atoms with Gasteiger partial charge in [-0.3, -0.25) is 9.10 Å². The fourth-order valence-electron chi connectivity index (χ4n) is 4.17. The molecule has 10 nitrogen and oxygen atoms in total. The first-order valence-electron chi connectivity index (χ1n) is 11.9. The molecule has 4 N–H and O–H groups in total. The number of benzene rings is 2. The Morgan fingerprint density at radius 3 is 2.43 bits per heavy atom. The zero-order chi connectivity index (χ0) is 26.7.